The van der Waals surface area contributed by atoms with E-state index in [4.69, 9.17) is 4.74 Å². The molecule has 3 aliphatic heterocycles. The standard InChI is InChI=1S/C36H52N4O4S2/c1-4-5-25-44-30-9-11-31(12-10-30)46(42,43)35-27-37-34-14-13-32(45(2,3)41)26-33(34)36(35)40-23-17-29(18-24-40)39-21-15-28(16-22-39)38-19-7-6-8-20-38/h9-14,26-29,41H,4-8,15-25H2,1-3H3. The number of hydrogen-bond donors (Lipinski definition) is 1. The highest BCUT2D eigenvalue weighted by atomic mass is 32.3. The van der Waals surface area contributed by atoms with Crippen molar-refractivity contribution < 1.29 is 17.7 Å². The number of fused-ring (bicyclic) bond motifs is 1. The Labute approximate surface area is 277 Å². The molecule has 252 valence electrons. The van der Waals surface area contributed by atoms with Gasteiger partial charge >= 0.3 is 0 Å². The van der Waals surface area contributed by atoms with Crippen LogP contribution >= 0.6 is 10.3 Å². The Morgan fingerprint density at radius 2 is 1.43 bits per heavy atom. The Bertz CT molecular complexity index is 1570. The average molecular weight is 669 g/mol. The van der Waals surface area contributed by atoms with Crippen molar-refractivity contribution in [2.24, 2.45) is 0 Å². The van der Waals surface area contributed by atoms with Gasteiger partial charge in [0.05, 0.1) is 22.7 Å². The molecule has 10 heteroatoms. The number of hydrogen-bond acceptors (Lipinski definition) is 8. The SMILES string of the molecule is CCCCOc1ccc(S(=O)(=O)c2cnc3ccc(S(C)(C)O)cc3c2N2CCC(N3CCC(N4CCCCC4)CC3)CC2)cc1. The lowest BCUT2D eigenvalue weighted by molar-refractivity contribution is 0.0654. The summed E-state index contributed by atoms with van der Waals surface area (Å²) in [6.45, 7) is 9.12. The fourth-order valence-corrected chi connectivity index (χ4v) is 9.74. The van der Waals surface area contributed by atoms with E-state index >= 15 is 0 Å². The van der Waals surface area contributed by atoms with E-state index in [-0.39, 0.29) is 9.79 Å². The minimum Gasteiger partial charge on any atom is -0.494 e. The first-order valence-electron chi connectivity index (χ1n) is 17.2. The van der Waals surface area contributed by atoms with E-state index in [0.717, 1.165) is 73.7 Å². The Morgan fingerprint density at radius 1 is 0.826 bits per heavy atom. The number of rotatable bonds is 10. The third kappa shape index (κ3) is 7.36. The third-order valence-corrected chi connectivity index (χ3v) is 13.4. The zero-order chi connectivity index (χ0) is 32.3. The smallest absolute Gasteiger partial charge is 0.210 e. The van der Waals surface area contributed by atoms with E-state index in [1.54, 1.807) is 24.3 Å². The maximum Gasteiger partial charge on any atom is 0.210 e. The number of pyridine rings is 1. The lowest BCUT2D eigenvalue weighted by Gasteiger charge is -2.45. The molecule has 0 radical (unpaired) electrons. The van der Waals surface area contributed by atoms with Gasteiger partial charge in [-0.2, -0.15) is 0 Å². The zero-order valence-electron chi connectivity index (χ0n) is 27.9. The van der Waals surface area contributed by atoms with Crippen molar-refractivity contribution in [2.75, 3.05) is 63.3 Å². The van der Waals surface area contributed by atoms with Gasteiger partial charge in [0.2, 0.25) is 9.84 Å². The molecule has 0 atom stereocenters. The fourth-order valence-electron chi connectivity index (χ4n) is 7.50. The number of piperidine rings is 3. The van der Waals surface area contributed by atoms with Crippen LogP contribution in [0.15, 0.2) is 63.3 Å². The maximum atomic E-state index is 14.3. The summed E-state index contributed by atoms with van der Waals surface area (Å²) in [5.41, 5.74) is 1.45. The lowest BCUT2D eigenvalue weighted by Crippen LogP contribution is -2.52. The second-order valence-electron chi connectivity index (χ2n) is 13.7. The summed E-state index contributed by atoms with van der Waals surface area (Å²) in [6.07, 6.45) is 15.8. The highest BCUT2D eigenvalue weighted by Gasteiger charge is 2.33. The van der Waals surface area contributed by atoms with Gasteiger partial charge < -0.3 is 24.0 Å². The number of aromatic nitrogens is 1. The van der Waals surface area contributed by atoms with Crippen LogP contribution in [-0.2, 0) is 9.84 Å². The minimum atomic E-state index is -3.88. The highest BCUT2D eigenvalue weighted by Crippen LogP contribution is 2.47. The van der Waals surface area contributed by atoms with Crippen molar-refractivity contribution in [3.8, 4) is 5.75 Å². The zero-order valence-corrected chi connectivity index (χ0v) is 29.5. The first kappa shape index (κ1) is 33.5. The molecule has 1 aromatic heterocycles. The van der Waals surface area contributed by atoms with Crippen molar-refractivity contribution >= 4 is 36.7 Å². The van der Waals surface area contributed by atoms with E-state index in [1.807, 2.05) is 30.7 Å². The Morgan fingerprint density at radius 3 is 2.07 bits per heavy atom. The predicted molar refractivity (Wildman–Crippen MR) is 190 cm³/mol. The van der Waals surface area contributed by atoms with Gasteiger partial charge in [-0.1, -0.05) is 19.8 Å². The molecule has 3 aromatic rings. The van der Waals surface area contributed by atoms with Gasteiger partial charge in [-0.05, 0) is 126 Å². The molecule has 0 aliphatic carbocycles. The number of anilines is 1. The number of unbranched alkanes of at least 4 members (excludes halogenated alkanes) is 1. The molecule has 3 aliphatic rings. The molecular formula is C36H52N4O4S2. The van der Waals surface area contributed by atoms with Crippen LogP contribution in [0.2, 0.25) is 0 Å². The largest absolute Gasteiger partial charge is 0.494 e. The van der Waals surface area contributed by atoms with Crippen LogP contribution < -0.4 is 9.64 Å². The summed E-state index contributed by atoms with van der Waals surface area (Å²) < 4.78 is 45.4. The fraction of sp³-hybridized carbons (Fsp3) is 0.583. The van der Waals surface area contributed by atoms with Crippen molar-refractivity contribution in [1.29, 1.82) is 0 Å². The van der Waals surface area contributed by atoms with E-state index in [9.17, 15) is 13.0 Å². The molecule has 6 rings (SSSR count). The quantitative estimate of drug-likeness (QED) is 0.230. The summed E-state index contributed by atoms with van der Waals surface area (Å²) in [5, 5.41) is 0.786. The maximum absolute atomic E-state index is 14.3. The van der Waals surface area contributed by atoms with Crippen molar-refractivity contribution in [2.45, 2.75) is 91.5 Å². The monoisotopic (exact) mass is 668 g/mol. The molecule has 0 bridgehead atoms. The van der Waals surface area contributed by atoms with Crippen LogP contribution in [0.4, 0.5) is 5.69 Å². The van der Waals surface area contributed by atoms with Crippen LogP contribution in [0.1, 0.15) is 64.7 Å². The van der Waals surface area contributed by atoms with Gasteiger partial charge in [-0.3, -0.25) is 4.98 Å². The summed E-state index contributed by atoms with van der Waals surface area (Å²) in [4.78, 5) is 13.6. The molecule has 1 N–H and O–H groups in total. The molecule has 46 heavy (non-hydrogen) atoms. The second-order valence-corrected chi connectivity index (χ2v) is 18.6. The first-order chi connectivity index (χ1) is 22.1. The van der Waals surface area contributed by atoms with Crippen LogP contribution in [-0.4, -0.2) is 98.2 Å². The van der Waals surface area contributed by atoms with E-state index in [1.165, 1.54) is 51.4 Å². The van der Waals surface area contributed by atoms with Gasteiger partial charge in [-0.25, -0.2) is 8.42 Å². The minimum absolute atomic E-state index is 0.225. The molecule has 8 nitrogen and oxygen atoms in total. The van der Waals surface area contributed by atoms with Crippen molar-refractivity contribution in [3.63, 3.8) is 0 Å². The molecule has 2 aromatic carbocycles. The molecule has 4 heterocycles. The Balaban J connectivity index is 1.25. The van der Waals surface area contributed by atoms with Gasteiger partial charge in [-0.15, -0.1) is 10.3 Å². The number of likely N-dealkylation sites (tertiary alicyclic amines) is 2. The number of ether oxygens (including phenoxy) is 1. The molecule has 0 amide bonds. The van der Waals surface area contributed by atoms with E-state index in [2.05, 4.69) is 26.6 Å². The summed E-state index contributed by atoms with van der Waals surface area (Å²) in [6, 6.07) is 13.8. The van der Waals surface area contributed by atoms with Crippen LogP contribution in [0.25, 0.3) is 10.9 Å². The third-order valence-electron chi connectivity index (χ3n) is 10.2. The summed E-state index contributed by atoms with van der Waals surface area (Å²) in [7, 11) is -5.89. The van der Waals surface area contributed by atoms with Crippen LogP contribution in [0, 0.1) is 0 Å². The molecular weight excluding hydrogens is 617 g/mol. The Kier molecular flexibility index (Phi) is 10.5. The molecule has 3 fully saturated rings. The topological polar surface area (TPSA) is 86.2 Å². The van der Waals surface area contributed by atoms with Crippen molar-refractivity contribution in [3.05, 3.63) is 48.7 Å². The van der Waals surface area contributed by atoms with Gasteiger partial charge in [0.15, 0.2) is 0 Å². The van der Waals surface area contributed by atoms with Crippen LogP contribution in [0.5, 0.6) is 5.75 Å². The number of benzene rings is 2. The summed E-state index contributed by atoms with van der Waals surface area (Å²) in [5.74, 6) is 0.670. The van der Waals surface area contributed by atoms with E-state index < -0.39 is 20.1 Å². The lowest BCUT2D eigenvalue weighted by atomic mass is 9.95. The van der Waals surface area contributed by atoms with Gasteiger partial charge in [0.1, 0.15) is 10.6 Å². The highest BCUT2D eigenvalue weighted by molar-refractivity contribution is 8.28. The predicted octanol–water partition coefficient (Wildman–Crippen LogP) is 7.06. The number of sulfone groups is 1. The van der Waals surface area contributed by atoms with E-state index in [0.29, 0.717) is 24.1 Å². The molecule has 0 saturated carbocycles. The Hall–Kier alpha value is -2.37. The van der Waals surface area contributed by atoms with Gasteiger partial charge in [0, 0.05) is 41.7 Å². The first-order valence-corrected chi connectivity index (χ1v) is 21.1. The van der Waals surface area contributed by atoms with Crippen LogP contribution in [0.3, 0.4) is 0 Å². The second kappa shape index (κ2) is 14.4. The molecule has 0 unspecified atom stereocenters. The van der Waals surface area contributed by atoms with Crippen molar-refractivity contribution in [1.82, 2.24) is 14.8 Å². The molecule has 0 spiro atoms. The van der Waals surface area contributed by atoms with Gasteiger partial charge in [0.25, 0.3) is 0 Å². The average Bonchev–Trinajstić information content (AvgIpc) is 3.08. The number of nitrogens with zero attached hydrogens (tertiary/aromatic N) is 4. The normalized spacial score (nSPS) is 20.3. The molecule has 3 saturated heterocycles. The summed E-state index contributed by atoms with van der Waals surface area (Å²) >= 11 is 0.